The van der Waals surface area contributed by atoms with Crippen LogP contribution in [-0.4, -0.2) is 48.3 Å². The van der Waals surface area contributed by atoms with Crippen molar-refractivity contribution in [3.63, 3.8) is 0 Å². The molecule has 0 amide bonds. The molecule has 0 bridgehead atoms. The summed E-state index contributed by atoms with van der Waals surface area (Å²) >= 11 is 0. The number of aliphatic hydroxyl groups is 1. The highest BCUT2D eigenvalue weighted by Crippen LogP contribution is 2.34. The fourth-order valence-corrected chi connectivity index (χ4v) is 2.69. The van der Waals surface area contributed by atoms with Gasteiger partial charge >= 0.3 is 0 Å². The summed E-state index contributed by atoms with van der Waals surface area (Å²) in [7, 11) is 0. The van der Waals surface area contributed by atoms with Crippen LogP contribution >= 0.6 is 0 Å². The first-order valence-electron chi connectivity index (χ1n) is 7.05. The molecule has 1 fully saturated rings. The summed E-state index contributed by atoms with van der Waals surface area (Å²) in [6, 6.07) is 0. The lowest BCUT2D eigenvalue weighted by atomic mass is 9.78. The molecule has 1 heterocycles. The van der Waals surface area contributed by atoms with E-state index in [0.29, 0.717) is 5.41 Å². The van der Waals surface area contributed by atoms with Crippen molar-refractivity contribution in [2.75, 3.05) is 32.8 Å². The monoisotopic (exact) mass is 242 g/mol. The van der Waals surface area contributed by atoms with Gasteiger partial charge in [0.1, 0.15) is 0 Å². The van der Waals surface area contributed by atoms with Gasteiger partial charge in [-0.1, -0.05) is 27.2 Å². The smallest absolute Gasteiger partial charge is 0.0623 e. The maximum absolute atomic E-state index is 9.51. The molecule has 3 heteroatoms. The predicted octanol–water partition coefficient (Wildman–Crippen LogP) is 1.86. The Bertz CT molecular complexity index is 224. The average molecular weight is 242 g/mol. The first-order valence-corrected chi connectivity index (χ1v) is 7.05. The highest BCUT2D eigenvalue weighted by molar-refractivity contribution is 4.89. The van der Waals surface area contributed by atoms with E-state index in [0.717, 1.165) is 13.1 Å². The van der Waals surface area contributed by atoms with Gasteiger partial charge in [0.25, 0.3) is 0 Å². The van der Waals surface area contributed by atoms with Crippen LogP contribution in [-0.2, 0) is 0 Å². The van der Waals surface area contributed by atoms with Crippen molar-refractivity contribution in [2.24, 2.45) is 5.41 Å². The summed E-state index contributed by atoms with van der Waals surface area (Å²) < 4.78 is 0. The van der Waals surface area contributed by atoms with Crippen LogP contribution in [0.15, 0.2) is 0 Å². The van der Waals surface area contributed by atoms with E-state index in [1.54, 1.807) is 0 Å². The van der Waals surface area contributed by atoms with E-state index in [9.17, 15) is 5.11 Å². The van der Waals surface area contributed by atoms with E-state index in [2.05, 4.69) is 37.9 Å². The molecule has 1 atom stereocenters. The Balaban J connectivity index is 2.44. The van der Waals surface area contributed by atoms with Gasteiger partial charge in [0.2, 0.25) is 0 Å². The molecule has 3 nitrogen and oxygen atoms in total. The second-order valence-electron chi connectivity index (χ2n) is 6.19. The third-order valence-electron chi connectivity index (χ3n) is 4.44. The van der Waals surface area contributed by atoms with Crippen molar-refractivity contribution in [3.8, 4) is 0 Å². The summed E-state index contributed by atoms with van der Waals surface area (Å²) in [6.45, 7) is 13.3. The van der Waals surface area contributed by atoms with Crippen molar-refractivity contribution in [3.05, 3.63) is 0 Å². The topological polar surface area (TPSA) is 35.5 Å². The van der Waals surface area contributed by atoms with Crippen LogP contribution in [0.4, 0.5) is 0 Å². The first-order chi connectivity index (χ1) is 7.97. The largest absolute Gasteiger partial charge is 0.394 e. The van der Waals surface area contributed by atoms with Crippen LogP contribution in [0.5, 0.6) is 0 Å². The molecule has 0 aromatic heterocycles. The number of rotatable bonds is 6. The van der Waals surface area contributed by atoms with Gasteiger partial charge in [-0.25, -0.2) is 0 Å². The summed E-state index contributed by atoms with van der Waals surface area (Å²) in [5.74, 6) is 0. The number of piperidine rings is 1. The zero-order valence-electron chi connectivity index (χ0n) is 12.1. The highest BCUT2D eigenvalue weighted by atomic mass is 16.3. The van der Waals surface area contributed by atoms with Crippen molar-refractivity contribution in [2.45, 2.75) is 52.5 Å². The predicted molar refractivity (Wildman–Crippen MR) is 73.2 cm³/mol. The third-order valence-corrected chi connectivity index (χ3v) is 4.44. The Labute approximate surface area is 107 Å². The van der Waals surface area contributed by atoms with Gasteiger partial charge in [-0.2, -0.15) is 0 Å². The van der Waals surface area contributed by atoms with Crippen molar-refractivity contribution < 1.29 is 5.11 Å². The molecule has 102 valence electrons. The number of aliphatic hydroxyl groups excluding tert-OH is 1. The Morgan fingerprint density at radius 3 is 2.29 bits per heavy atom. The van der Waals surface area contributed by atoms with Crippen LogP contribution < -0.4 is 5.32 Å². The van der Waals surface area contributed by atoms with E-state index in [-0.39, 0.29) is 12.1 Å². The normalized spacial score (nSPS) is 24.5. The van der Waals surface area contributed by atoms with Crippen LogP contribution in [0.25, 0.3) is 0 Å². The Hall–Kier alpha value is -0.120. The second kappa shape index (κ2) is 6.17. The lowest BCUT2D eigenvalue weighted by Crippen LogP contribution is -2.55. The molecule has 17 heavy (non-hydrogen) atoms. The molecule has 1 saturated heterocycles. The Kier molecular flexibility index (Phi) is 5.42. The van der Waals surface area contributed by atoms with Gasteiger partial charge in [-0.05, 0) is 44.8 Å². The van der Waals surface area contributed by atoms with Crippen LogP contribution in [0.2, 0.25) is 0 Å². The molecule has 0 radical (unpaired) electrons. The number of hydrogen-bond acceptors (Lipinski definition) is 3. The van der Waals surface area contributed by atoms with Gasteiger partial charge in [0, 0.05) is 6.54 Å². The third kappa shape index (κ3) is 4.23. The van der Waals surface area contributed by atoms with Crippen molar-refractivity contribution >= 4 is 0 Å². The maximum Gasteiger partial charge on any atom is 0.0623 e. The van der Waals surface area contributed by atoms with Gasteiger partial charge in [-0.15, -0.1) is 0 Å². The fourth-order valence-electron chi connectivity index (χ4n) is 2.69. The Morgan fingerprint density at radius 2 is 1.88 bits per heavy atom. The zero-order valence-corrected chi connectivity index (χ0v) is 12.1. The molecule has 1 aliphatic heterocycles. The minimum Gasteiger partial charge on any atom is -0.394 e. The van der Waals surface area contributed by atoms with E-state index < -0.39 is 0 Å². The van der Waals surface area contributed by atoms with E-state index >= 15 is 0 Å². The molecule has 0 saturated carbocycles. The molecule has 1 rings (SSSR count). The summed E-state index contributed by atoms with van der Waals surface area (Å²) in [4.78, 5) is 2.50. The average Bonchev–Trinajstić information content (AvgIpc) is 2.33. The van der Waals surface area contributed by atoms with Gasteiger partial charge in [0.05, 0.1) is 12.1 Å². The minimum atomic E-state index is -0.144. The van der Waals surface area contributed by atoms with E-state index in [1.807, 2.05) is 0 Å². The fraction of sp³-hybridized carbons (Fsp3) is 1.00. The quantitative estimate of drug-likeness (QED) is 0.746. The number of nitrogens with one attached hydrogen (secondary N) is 1. The zero-order chi connectivity index (χ0) is 12.9. The van der Waals surface area contributed by atoms with Gasteiger partial charge in [-0.3, -0.25) is 0 Å². The standard InChI is InChI=1S/C14H30N2O/c1-5-13(3)7-9-16(10-8-13)11-14(4,12-17)15-6-2/h15,17H,5-12H2,1-4H3. The summed E-state index contributed by atoms with van der Waals surface area (Å²) in [6.07, 6.45) is 3.86. The molecule has 2 N–H and O–H groups in total. The number of likely N-dealkylation sites (N-methyl/N-ethyl adjacent to an activating group) is 1. The first kappa shape index (κ1) is 14.9. The summed E-state index contributed by atoms with van der Waals surface area (Å²) in [5.41, 5.74) is 0.402. The second-order valence-corrected chi connectivity index (χ2v) is 6.19. The number of likely N-dealkylation sites (tertiary alicyclic amines) is 1. The minimum absolute atomic E-state index is 0.144. The Morgan fingerprint density at radius 1 is 1.29 bits per heavy atom. The molecule has 0 aromatic rings. The number of hydrogen-bond donors (Lipinski definition) is 2. The lowest BCUT2D eigenvalue weighted by molar-refractivity contribution is 0.0690. The molecule has 1 unspecified atom stereocenters. The summed E-state index contributed by atoms with van der Waals surface area (Å²) in [5, 5.41) is 12.9. The molecule has 0 aliphatic carbocycles. The molecular weight excluding hydrogens is 212 g/mol. The molecule has 0 aromatic carbocycles. The van der Waals surface area contributed by atoms with E-state index in [1.165, 1.54) is 32.4 Å². The number of nitrogens with zero attached hydrogens (tertiary/aromatic N) is 1. The van der Waals surface area contributed by atoms with Crippen LogP contribution in [0.3, 0.4) is 0 Å². The van der Waals surface area contributed by atoms with Crippen LogP contribution in [0.1, 0.15) is 47.0 Å². The molecule has 1 aliphatic rings. The van der Waals surface area contributed by atoms with Crippen molar-refractivity contribution in [1.82, 2.24) is 10.2 Å². The SMILES string of the molecule is CCNC(C)(CO)CN1CCC(C)(CC)CC1. The van der Waals surface area contributed by atoms with Gasteiger partial charge < -0.3 is 15.3 Å². The highest BCUT2D eigenvalue weighted by Gasteiger charge is 2.32. The maximum atomic E-state index is 9.51. The molecule has 0 spiro atoms. The lowest BCUT2D eigenvalue weighted by Gasteiger charge is -2.42. The van der Waals surface area contributed by atoms with E-state index in [4.69, 9.17) is 0 Å². The van der Waals surface area contributed by atoms with Gasteiger partial charge in [0.15, 0.2) is 0 Å². The van der Waals surface area contributed by atoms with Crippen LogP contribution in [0, 0.1) is 5.41 Å². The van der Waals surface area contributed by atoms with Crippen molar-refractivity contribution in [1.29, 1.82) is 0 Å². The molecular formula is C14H30N2O.